The van der Waals surface area contributed by atoms with Crippen LogP contribution in [0.15, 0.2) is 46.2 Å². The van der Waals surface area contributed by atoms with Crippen molar-refractivity contribution in [2.75, 3.05) is 5.32 Å². The SMILES string of the molecule is c1cc2c(cc1C1CCCCCCCC1)Sc1cc(C3CCCCCCCC3)ccc1N2. The Morgan fingerprint density at radius 2 is 0.875 bits per heavy atom. The lowest BCUT2D eigenvalue weighted by Gasteiger charge is -2.25. The zero-order chi connectivity index (χ0) is 21.6. The molecule has 2 fully saturated rings. The van der Waals surface area contributed by atoms with Crippen LogP contribution < -0.4 is 5.32 Å². The number of hydrogen-bond donors (Lipinski definition) is 1. The van der Waals surface area contributed by atoms with Crippen LogP contribution in [0.5, 0.6) is 0 Å². The number of hydrogen-bond acceptors (Lipinski definition) is 2. The van der Waals surface area contributed by atoms with Crippen LogP contribution in [-0.2, 0) is 0 Å². The second-order valence-electron chi connectivity index (χ2n) is 10.5. The van der Waals surface area contributed by atoms with Crippen LogP contribution in [0.2, 0.25) is 0 Å². The van der Waals surface area contributed by atoms with Gasteiger partial charge in [0.15, 0.2) is 0 Å². The first-order chi connectivity index (χ1) is 15.9. The van der Waals surface area contributed by atoms with Crippen molar-refractivity contribution in [3.63, 3.8) is 0 Å². The summed E-state index contributed by atoms with van der Waals surface area (Å²) in [5.41, 5.74) is 5.75. The summed E-state index contributed by atoms with van der Waals surface area (Å²) in [6.07, 6.45) is 22.6. The zero-order valence-electron chi connectivity index (χ0n) is 19.8. The Morgan fingerprint density at radius 3 is 1.28 bits per heavy atom. The average molecular weight is 448 g/mol. The third-order valence-corrected chi connectivity index (χ3v) is 9.27. The molecular formula is C30H41NS. The third-order valence-electron chi connectivity index (χ3n) is 8.15. The van der Waals surface area contributed by atoms with Crippen molar-refractivity contribution in [1.82, 2.24) is 0 Å². The molecule has 2 aliphatic carbocycles. The molecule has 2 aromatic carbocycles. The number of benzene rings is 2. The normalized spacial score (nSPS) is 21.5. The van der Waals surface area contributed by atoms with Crippen LogP contribution in [0.1, 0.15) is 126 Å². The molecule has 172 valence electrons. The first-order valence-electron chi connectivity index (χ1n) is 13.6. The molecule has 0 spiro atoms. The van der Waals surface area contributed by atoms with Gasteiger partial charge in [0.2, 0.25) is 0 Å². The van der Waals surface area contributed by atoms with Crippen LogP contribution in [0.3, 0.4) is 0 Å². The van der Waals surface area contributed by atoms with E-state index in [2.05, 4.69) is 41.7 Å². The van der Waals surface area contributed by atoms with Crippen molar-refractivity contribution in [2.24, 2.45) is 0 Å². The van der Waals surface area contributed by atoms with Crippen molar-refractivity contribution in [1.29, 1.82) is 0 Å². The zero-order valence-corrected chi connectivity index (χ0v) is 20.7. The molecule has 2 saturated carbocycles. The molecule has 2 heteroatoms. The minimum atomic E-state index is 0.755. The quantitative estimate of drug-likeness (QED) is 0.419. The molecule has 1 aliphatic heterocycles. The summed E-state index contributed by atoms with van der Waals surface area (Å²) in [5.74, 6) is 1.51. The molecule has 3 aliphatic rings. The molecule has 1 nitrogen and oxygen atoms in total. The van der Waals surface area contributed by atoms with E-state index in [9.17, 15) is 0 Å². The van der Waals surface area contributed by atoms with E-state index in [1.165, 1.54) is 124 Å². The maximum Gasteiger partial charge on any atom is 0.0526 e. The summed E-state index contributed by atoms with van der Waals surface area (Å²) in [5, 5.41) is 3.74. The minimum Gasteiger partial charge on any atom is -0.354 e. The van der Waals surface area contributed by atoms with Gasteiger partial charge in [-0.1, -0.05) is 101 Å². The highest BCUT2D eigenvalue weighted by Crippen LogP contribution is 2.47. The average Bonchev–Trinajstić information content (AvgIpc) is 3.05. The maximum absolute atomic E-state index is 3.74. The molecular weight excluding hydrogens is 406 g/mol. The Bertz CT molecular complexity index is 797. The lowest BCUT2D eigenvalue weighted by Crippen LogP contribution is -2.05. The maximum atomic E-state index is 3.74. The van der Waals surface area contributed by atoms with Gasteiger partial charge in [-0.2, -0.15) is 0 Å². The summed E-state index contributed by atoms with van der Waals surface area (Å²) in [6, 6.07) is 14.5. The lowest BCUT2D eigenvalue weighted by molar-refractivity contribution is 0.538. The number of rotatable bonds is 2. The minimum absolute atomic E-state index is 0.755. The molecule has 0 radical (unpaired) electrons. The van der Waals surface area contributed by atoms with Crippen LogP contribution in [0.4, 0.5) is 11.4 Å². The van der Waals surface area contributed by atoms with Gasteiger partial charge in [0.25, 0.3) is 0 Å². The van der Waals surface area contributed by atoms with E-state index in [-0.39, 0.29) is 0 Å². The van der Waals surface area contributed by atoms with E-state index in [0.717, 1.165) is 11.8 Å². The Balaban J connectivity index is 1.33. The summed E-state index contributed by atoms with van der Waals surface area (Å²) in [7, 11) is 0. The Morgan fingerprint density at radius 1 is 0.500 bits per heavy atom. The van der Waals surface area contributed by atoms with Gasteiger partial charge < -0.3 is 5.32 Å². The monoisotopic (exact) mass is 447 g/mol. The standard InChI is InChI=1S/C30H41NS/c1-2-6-10-14-23(13-9-5-1)25-17-19-27-29(21-25)32-30-22-26(18-20-28(30)31-27)24-15-11-7-3-4-8-12-16-24/h17-24,31H,1-16H2. The molecule has 0 saturated heterocycles. The van der Waals surface area contributed by atoms with Crippen molar-refractivity contribution >= 4 is 23.1 Å². The topological polar surface area (TPSA) is 12.0 Å². The molecule has 5 rings (SSSR count). The van der Waals surface area contributed by atoms with Gasteiger partial charge >= 0.3 is 0 Å². The highest BCUT2D eigenvalue weighted by molar-refractivity contribution is 7.99. The van der Waals surface area contributed by atoms with E-state index in [1.54, 1.807) is 11.1 Å². The Hall–Kier alpha value is -1.41. The number of anilines is 2. The van der Waals surface area contributed by atoms with Crippen LogP contribution >= 0.6 is 11.8 Å². The largest absolute Gasteiger partial charge is 0.354 e. The molecule has 0 atom stereocenters. The van der Waals surface area contributed by atoms with Gasteiger partial charge in [-0.25, -0.2) is 0 Å². The van der Waals surface area contributed by atoms with E-state index in [4.69, 9.17) is 0 Å². The summed E-state index contributed by atoms with van der Waals surface area (Å²) >= 11 is 2.00. The lowest BCUT2D eigenvalue weighted by atomic mass is 9.89. The fraction of sp³-hybridized carbons (Fsp3) is 0.600. The van der Waals surface area contributed by atoms with Gasteiger partial charge in [0.05, 0.1) is 11.4 Å². The highest BCUT2D eigenvalue weighted by atomic mass is 32.2. The van der Waals surface area contributed by atoms with Crippen molar-refractivity contribution in [3.05, 3.63) is 47.5 Å². The van der Waals surface area contributed by atoms with E-state index in [1.807, 2.05) is 11.8 Å². The fourth-order valence-electron chi connectivity index (χ4n) is 6.16. The van der Waals surface area contributed by atoms with Crippen molar-refractivity contribution in [3.8, 4) is 0 Å². The summed E-state index contributed by atoms with van der Waals surface area (Å²) < 4.78 is 0. The predicted octanol–water partition coefficient (Wildman–Crippen LogP) is 10.3. The molecule has 32 heavy (non-hydrogen) atoms. The Labute approximate surface area is 200 Å². The van der Waals surface area contributed by atoms with Crippen LogP contribution in [0, 0.1) is 0 Å². The third kappa shape index (κ3) is 5.56. The first kappa shape index (κ1) is 22.4. The molecule has 2 aromatic rings. The van der Waals surface area contributed by atoms with Gasteiger partial charge in [0.1, 0.15) is 0 Å². The molecule has 0 amide bonds. The van der Waals surface area contributed by atoms with Gasteiger partial charge in [-0.3, -0.25) is 0 Å². The van der Waals surface area contributed by atoms with Crippen LogP contribution in [0.25, 0.3) is 0 Å². The molecule has 0 unspecified atom stereocenters. The number of nitrogens with one attached hydrogen (secondary N) is 1. The van der Waals surface area contributed by atoms with E-state index in [0.29, 0.717) is 0 Å². The van der Waals surface area contributed by atoms with Gasteiger partial charge in [0, 0.05) is 9.79 Å². The molecule has 1 N–H and O–H groups in total. The highest BCUT2D eigenvalue weighted by Gasteiger charge is 2.21. The Kier molecular flexibility index (Phi) is 7.79. The second kappa shape index (κ2) is 11.1. The van der Waals surface area contributed by atoms with Crippen molar-refractivity contribution in [2.45, 2.75) is 124 Å². The van der Waals surface area contributed by atoms with Crippen molar-refractivity contribution < 1.29 is 0 Å². The van der Waals surface area contributed by atoms with Crippen LogP contribution in [-0.4, -0.2) is 0 Å². The number of fused-ring (bicyclic) bond motifs is 2. The van der Waals surface area contributed by atoms with Gasteiger partial charge in [-0.15, -0.1) is 0 Å². The molecule has 1 heterocycles. The fourth-order valence-corrected chi connectivity index (χ4v) is 7.24. The molecule has 0 aromatic heterocycles. The van der Waals surface area contributed by atoms with E-state index >= 15 is 0 Å². The van der Waals surface area contributed by atoms with E-state index < -0.39 is 0 Å². The first-order valence-corrected chi connectivity index (χ1v) is 14.4. The summed E-state index contributed by atoms with van der Waals surface area (Å²) in [6.45, 7) is 0. The summed E-state index contributed by atoms with van der Waals surface area (Å²) in [4.78, 5) is 2.86. The molecule has 0 bridgehead atoms. The smallest absolute Gasteiger partial charge is 0.0526 e. The van der Waals surface area contributed by atoms with Gasteiger partial charge in [-0.05, 0) is 72.9 Å². The predicted molar refractivity (Wildman–Crippen MR) is 140 cm³/mol. The second-order valence-corrected chi connectivity index (χ2v) is 11.6.